The number of ether oxygens (including phenoxy) is 1. The summed E-state index contributed by atoms with van der Waals surface area (Å²) in [6.07, 6.45) is 0.312. The molecule has 0 amide bonds. The number of para-hydroxylation sites is 1. The Labute approximate surface area is 112 Å². The summed E-state index contributed by atoms with van der Waals surface area (Å²) in [6.45, 7) is 0. The third-order valence-corrected chi connectivity index (χ3v) is 4.10. The lowest BCUT2D eigenvalue weighted by atomic mass is 10.2. The van der Waals surface area contributed by atoms with Crippen LogP contribution in [0.4, 0.5) is 0 Å². The fourth-order valence-corrected chi connectivity index (χ4v) is 2.98. The number of methoxy groups -OCH3 is 1. The first kappa shape index (κ1) is 12.1. The van der Waals surface area contributed by atoms with Gasteiger partial charge in [-0.05, 0) is 28.1 Å². The number of rotatable bonds is 3. The molecule has 5 heteroatoms. The Hall–Kier alpha value is -1.38. The molecule has 0 aliphatic carbocycles. The molecule has 1 aromatic carbocycles. The van der Waals surface area contributed by atoms with Crippen LogP contribution in [0.3, 0.4) is 0 Å². The van der Waals surface area contributed by atoms with Crippen molar-refractivity contribution in [1.82, 2.24) is 4.98 Å². The molecule has 0 spiro atoms. The van der Waals surface area contributed by atoms with Crippen molar-refractivity contribution >= 4 is 27.3 Å². The average Bonchev–Trinajstić information content (AvgIpc) is 2.71. The molecule has 0 radical (unpaired) electrons. The summed E-state index contributed by atoms with van der Waals surface area (Å²) < 4.78 is 6.20. The second-order valence-corrected chi connectivity index (χ2v) is 5.59. The van der Waals surface area contributed by atoms with Crippen LogP contribution in [0.2, 0.25) is 0 Å². The van der Waals surface area contributed by atoms with Crippen molar-refractivity contribution in [3.8, 4) is 22.4 Å². The number of hydrogen-bond acceptors (Lipinski definition) is 4. The van der Waals surface area contributed by atoms with Crippen LogP contribution in [-0.2, 0) is 6.42 Å². The van der Waals surface area contributed by atoms with Gasteiger partial charge in [0.25, 0.3) is 0 Å². The van der Waals surface area contributed by atoms with Gasteiger partial charge >= 0.3 is 0 Å². The molecular weight excluding hydrogens is 300 g/mol. The maximum Gasteiger partial charge on any atom is 0.129 e. The monoisotopic (exact) mass is 308 g/mol. The van der Waals surface area contributed by atoms with Gasteiger partial charge in [0.1, 0.15) is 10.8 Å². The first-order valence-corrected chi connectivity index (χ1v) is 6.52. The summed E-state index contributed by atoms with van der Waals surface area (Å²) in [5.74, 6) is 0.789. The van der Waals surface area contributed by atoms with E-state index in [1.54, 1.807) is 7.11 Å². The summed E-state index contributed by atoms with van der Waals surface area (Å²) in [5.41, 5.74) is 1.73. The van der Waals surface area contributed by atoms with E-state index in [0.29, 0.717) is 6.42 Å². The Morgan fingerprint density at radius 3 is 2.94 bits per heavy atom. The molecule has 0 unspecified atom stereocenters. The predicted octanol–water partition coefficient (Wildman–Crippen LogP) is 3.65. The number of nitrogens with zero attached hydrogens (tertiary/aromatic N) is 2. The van der Waals surface area contributed by atoms with Crippen LogP contribution >= 0.6 is 27.3 Å². The van der Waals surface area contributed by atoms with Crippen molar-refractivity contribution < 1.29 is 4.74 Å². The highest BCUT2D eigenvalue weighted by Crippen LogP contribution is 2.36. The summed E-state index contributed by atoms with van der Waals surface area (Å²) in [6, 6.07) is 9.82. The number of hydrogen-bond donors (Lipinski definition) is 0. The Morgan fingerprint density at radius 2 is 2.24 bits per heavy atom. The van der Waals surface area contributed by atoms with Crippen LogP contribution in [0.15, 0.2) is 28.1 Å². The number of aromatic nitrogens is 1. The molecular formula is C12H9BrN2OS. The molecule has 17 heavy (non-hydrogen) atoms. The fraction of sp³-hybridized carbons (Fsp3) is 0.167. The molecule has 3 nitrogen and oxygen atoms in total. The Bertz CT molecular complexity index is 574. The number of thiazole rings is 1. The normalized spacial score (nSPS) is 9.94. The van der Waals surface area contributed by atoms with E-state index < -0.39 is 0 Å². The van der Waals surface area contributed by atoms with Crippen molar-refractivity contribution in [2.45, 2.75) is 6.42 Å². The van der Waals surface area contributed by atoms with E-state index in [2.05, 4.69) is 27.0 Å². The molecule has 0 N–H and O–H groups in total. The van der Waals surface area contributed by atoms with E-state index in [0.717, 1.165) is 25.8 Å². The largest absolute Gasteiger partial charge is 0.496 e. The van der Waals surface area contributed by atoms with Crippen molar-refractivity contribution in [3.05, 3.63) is 33.7 Å². The molecule has 86 valence electrons. The minimum absolute atomic E-state index is 0.312. The highest BCUT2D eigenvalue weighted by atomic mass is 79.9. The van der Waals surface area contributed by atoms with E-state index in [-0.39, 0.29) is 0 Å². The SMILES string of the molecule is COc1ccccc1-c1nc(CC#N)c(Br)s1. The minimum atomic E-state index is 0.312. The molecule has 0 fully saturated rings. The van der Waals surface area contributed by atoms with Crippen molar-refractivity contribution in [3.63, 3.8) is 0 Å². The van der Waals surface area contributed by atoms with Gasteiger partial charge in [0, 0.05) is 0 Å². The standard InChI is InChI=1S/C12H9BrN2OS/c1-16-10-5-3-2-4-8(10)12-15-9(6-7-14)11(13)17-12/h2-5H,6H2,1H3. The van der Waals surface area contributed by atoms with Crippen molar-refractivity contribution in [1.29, 1.82) is 5.26 Å². The van der Waals surface area contributed by atoms with Gasteiger partial charge in [0.05, 0.1) is 34.6 Å². The third-order valence-electron chi connectivity index (χ3n) is 2.23. The van der Waals surface area contributed by atoms with Gasteiger partial charge in [-0.2, -0.15) is 5.26 Å². The maximum atomic E-state index is 8.69. The predicted molar refractivity (Wildman–Crippen MR) is 71.1 cm³/mol. The lowest BCUT2D eigenvalue weighted by Crippen LogP contribution is -1.87. The minimum Gasteiger partial charge on any atom is -0.496 e. The fourth-order valence-electron chi connectivity index (χ4n) is 1.45. The summed E-state index contributed by atoms with van der Waals surface area (Å²) >= 11 is 4.94. The molecule has 0 saturated heterocycles. The Kier molecular flexibility index (Phi) is 3.77. The second-order valence-electron chi connectivity index (χ2n) is 3.27. The van der Waals surface area contributed by atoms with E-state index in [9.17, 15) is 0 Å². The van der Waals surface area contributed by atoms with Gasteiger partial charge in [0.15, 0.2) is 0 Å². The summed E-state index contributed by atoms with van der Waals surface area (Å²) in [5, 5.41) is 9.55. The van der Waals surface area contributed by atoms with Crippen LogP contribution < -0.4 is 4.74 Å². The smallest absolute Gasteiger partial charge is 0.129 e. The lowest BCUT2D eigenvalue weighted by Gasteiger charge is -2.04. The van der Waals surface area contributed by atoms with Crippen LogP contribution in [0.25, 0.3) is 10.6 Å². The third kappa shape index (κ3) is 2.48. The summed E-state index contributed by atoms with van der Waals surface area (Å²) in [4.78, 5) is 4.45. The molecule has 0 atom stereocenters. The zero-order valence-corrected chi connectivity index (χ0v) is 11.5. The number of nitriles is 1. The highest BCUT2D eigenvalue weighted by Gasteiger charge is 2.13. The van der Waals surface area contributed by atoms with Crippen LogP contribution in [0.5, 0.6) is 5.75 Å². The van der Waals surface area contributed by atoms with Gasteiger partial charge in [-0.3, -0.25) is 0 Å². The van der Waals surface area contributed by atoms with Crippen molar-refractivity contribution in [2.75, 3.05) is 7.11 Å². The maximum absolute atomic E-state index is 8.69. The van der Waals surface area contributed by atoms with Gasteiger partial charge in [-0.15, -0.1) is 11.3 Å². The first-order chi connectivity index (χ1) is 8.26. The molecule has 0 saturated carbocycles. The zero-order chi connectivity index (χ0) is 12.3. The van der Waals surface area contributed by atoms with Gasteiger partial charge in [-0.1, -0.05) is 12.1 Å². The van der Waals surface area contributed by atoms with Gasteiger partial charge in [0.2, 0.25) is 0 Å². The van der Waals surface area contributed by atoms with Crippen LogP contribution in [0.1, 0.15) is 5.69 Å². The lowest BCUT2D eigenvalue weighted by molar-refractivity contribution is 0.416. The van der Waals surface area contributed by atoms with E-state index in [1.165, 1.54) is 11.3 Å². The van der Waals surface area contributed by atoms with Crippen molar-refractivity contribution in [2.24, 2.45) is 0 Å². The van der Waals surface area contributed by atoms with E-state index in [4.69, 9.17) is 10.00 Å². The Morgan fingerprint density at radius 1 is 1.47 bits per heavy atom. The first-order valence-electron chi connectivity index (χ1n) is 4.91. The molecule has 0 aliphatic rings. The topological polar surface area (TPSA) is 45.9 Å². The quantitative estimate of drug-likeness (QED) is 0.869. The van der Waals surface area contributed by atoms with E-state index in [1.807, 2.05) is 24.3 Å². The molecule has 2 aromatic rings. The highest BCUT2D eigenvalue weighted by molar-refractivity contribution is 9.11. The molecule has 1 heterocycles. The molecule has 2 rings (SSSR count). The number of benzene rings is 1. The summed E-state index contributed by atoms with van der Waals surface area (Å²) in [7, 11) is 1.64. The second kappa shape index (κ2) is 5.30. The van der Waals surface area contributed by atoms with E-state index >= 15 is 0 Å². The molecule has 0 aliphatic heterocycles. The van der Waals surface area contributed by atoms with Crippen LogP contribution in [-0.4, -0.2) is 12.1 Å². The average molecular weight is 309 g/mol. The molecule has 1 aromatic heterocycles. The Balaban J connectivity index is 2.47. The molecule has 0 bridgehead atoms. The number of halogens is 1. The van der Waals surface area contributed by atoms with Gasteiger partial charge in [-0.25, -0.2) is 4.98 Å². The van der Waals surface area contributed by atoms with Crippen LogP contribution in [0, 0.1) is 11.3 Å². The van der Waals surface area contributed by atoms with Gasteiger partial charge < -0.3 is 4.74 Å². The zero-order valence-electron chi connectivity index (χ0n) is 9.11.